The third kappa shape index (κ3) is 5.23. The van der Waals surface area contributed by atoms with Crippen LogP contribution in [0.15, 0.2) is 24.4 Å². The Labute approximate surface area is 150 Å². The lowest BCUT2D eigenvalue weighted by Crippen LogP contribution is -2.45. The topological polar surface area (TPSA) is 59.9 Å². The SMILES string of the molecule is CN(CCC(=O)N1CCC(O)(CN2CCCC2)C1)Cc1ccccn1. The van der Waals surface area contributed by atoms with Crippen molar-refractivity contribution in [1.82, 2.24) is 19.7 Å². The van der Waals surface area contributed by atoms with Gasteiger partial charge >= 0.3 is 0 Å². The number of pyridine rings is 1. The van der Waals surface area contributed by atoms with E-state index in [2.05, 4.69) is 14.8 Å². The van der Waals surface area contributed by atoms with Crippen LogP contribution in [0.5, 0.6) is 0 Å². The van der Waals surface area contributed by atoms with Gasteiger partial charge in [-0.15, -0.1) is 0 Å². The monoisotopic (exact) mass is 346 g/mol. The maximum absolute atomic E-state index is 12.5. The maximum Gasteiger partial charge on any atom is 0.223 e. The highest BCUT2D eigenvalue weighted by Gasteiger charge is 2.39. The average Bonchev–Trinajstić information content (AvgIpc) is 3.24. The van der Waals surface area contributed by atoms with Gasteiger partial charge in [0.2, 0.25) is 5.91 Å². The van der Waals surface area contributed by atoms with E-state index in [-0.39, 0.29) is 5.91 Å². The van der Waals surface area contributed by atoms with Crippen LogP contribution in [0, 0.1) is 0 Å². The van der Waals surface area contributed by atoms with Crippen LogP contribution in [0.4, 0.5) is 0 Å². The quantitative estimate of drug-likeness (QED) is 0.797. The normalized spacial score (nSPS) is 24.4. The third-order valence-electron chi connectivity index (χ3n) is 5.27. The summed E-state index contributed by atoms with van der Waals surface area (Å²) in [6.45, 7) is 5.46. The number of carbonyl (C=O) groups is 1. The minimum atomic E-state index is -0.722. The number of aromatic nitrogens is 1. The second-order valence-electron chi connectivity index (χ2n) is 7.58. The molecule has 2 aliphatic rings. The van der Waals surface area contributed by atoms with Crippen LogP contribution in [-0.4, -0.2) is 82.6 Å². The standard InChI is InChI=1S/C19H30N4O2/c1-21(14-17-6-2-3-9-20-17)12-7-18(24)23-13-8-19(25,16-23)15-22-10-4-5-11-22/h2-3,6,9,25H,4-5,7-8,10-16H2,1H3. The van der Waals surface area contributed by atoms with E-state index in [1.54, 1.807) is 6.20 Å². The Morgan fingerprint density at radius 3 is 2.84 bits per heavy atom. The van der Waals surface area contributed by atoms with Crippen molar-refractivity contribution in [3.8, 4) is 0 Å². The Morgan fingerprint density at radius 1 is 1.32 bits per heavy atom. The first-order valence-electron chi connectivity index (χ1n) is 9.35. The molecule has 3 heterocycles. The van der Waals surface area contributed by atoms with Gasteiger partial charge in [-0.2, -0.15) is 0 Å². The molecule has 1 amide bonds. The van der Waals surface area contributed by atoms with Gasteiger partial charge in [-0.25, -0.2) is 0 Å². The molecular formula is C19H30N4O2. The fourth-order valence-electron chi connectivity index (χ4n) is 3.85. The zero-order valence-electron chi connectivity index (χ0n) is 15.2. The molecule has 0 aromatic carbocycles. The zero-order chi connectivity index (χ0) is 17.7. The highest BCUT2D eigenvalue weighted by Crippen LogP contribution is 2.24. The van der Waals surface area contributed by atoms with Gasteiger partial charge in [0.1, 0.15) is 0 Å². The minimum absolute atomic E-state index is 0.144. The Kier molecular flexibility index (Phi) is 6.04. The van der Waals surface area contributed by atoms with Gasteiger partial charge in [0.25, 0.3) is 0 Å². The van der Waals surface area contributed by atoms with Gasteiger partial charge in [0.15, 0.2) is 0 Å². The van der Waals surface area contributed by atoms with E-state index in [4.69, 9.17) is 0 Å². The predicted molar refractivity (Wildman–Crippen MR) is 97.0 cm³/mol. The van der Waals surface area contributed by atoms with Crippen molar-refractivity contribution in [2.75, 3.05) is 46.3 Å². The lowest BCUT2D eigenvalue weighted by atomic mass is 10.0. The first kappa shape index (κ1) is 18.3. The summed E-state index contributed by atoms with van der Waals surface area (Å²) in [6.07, 6.45) is 5.42. The molecule has 1 aromatic rings. The van der Waals surface area contributed by atoms with Crippen molar-refractivity contribution >= 4 is 5.91 Å². The predicted octanol–water partition coefficient (Wildman–Crippen LogP) is 0.963. The number of aliphatic hydroxyl groups is 1. The third-order valence-corrected chi connectivity index (χ3v) is 5.27. The summed E-state index contributed by atoms with van der Waals surface area (Å²) >= 11 is 0. The van der Waals surface area contributed by atoms with Crippen LogP contribution in [0.3, 0.4) is 0 Å². The highest BCUT2D eigenvalue weighted by molar-refractivity contribution is 5.76. The van der Waals surface area contributed by atoms with E-state index >= 15 is 0 Å². The van der Waals surface area contributed by atoms with Gasteiger partial charge in [-0.1, -0.05) is 6.07 Å². The first-order valence-corrected chi connectivity index (χ1v) is 9.35. The Bertz CT molecular complexity index is 562. The number of carbonyl (C=O) groups excluding carboxylic acids is 1. The molecule has 1 aromatic heterocycles. The molecule has 2 aliphatic heterocycles. The summed E-state index contributed by atoms with van der Waals surface area (Å²) in [5, 5.41) is 10.8. The molecule has 1 N–H and O–H groups in total. The zero-order valence-corrected chi connectivity index (χ0v) is 15.2. The lowest BCUT2D eigenvalue weighted by Gasteiger charge is -2.28. The molecule has 0 spiro atoms. The van der Waals surface area contributed by atoms with Crippen LogP contribution in [-0.2, 0) is 11.3 Å². The van der Waals surface area contributed by atoms with Crippen molar-refractivity contribution in [1.29, 1.82) is 0 Å². The van der Waals surface area contributed by atoms with Gasteiger partial charge < -0.3 is 19.8 Å². The molecule has 1 unspecified atom stereocenters. The molecule has 0 radical (unpaired) electrons. The number of hydrogen-bond donors (Lipinski definition) is 1. The summed E-state index contributed by atoms with van der Waals surface area (Å²) in [7, 11) is 2.01. The number of nitrogens with zero attached hydrogens (tertiary/aromatic N) is 4. The number of amides is 1. The summed E-state index contributed by atoms with van der Waals surface area (Å²) in [6, 6.07) is 5.88. The van der Waals surface area contributed by atoms with E-state index in [0.29, 0.717) is 39.0 Å². The summed E-state index contributed by atoms with van der Waals surface area (Å²) < 4.78 is 0. The maximum atomic E-state index is 12.5. The van der Waals surface area contributed by atoms with Crippen LogP contribution >= 0.6 is 0 Å². The second kappa shape index (κ2) is 8.25. The second-order valence-corrected chi connectivity index (χ2v) is 7.58. The molecule has 0 saturated carbocycles. The van der Waals surface area contributed by atoms with Crippen LogP contribution in [0.25, 0.3) is 0 Å². The van der Waals surface area contributed by atoms with Crippen molar-refractivity contribution in [2.45, 2.75) is 37.8 Å². The molecule has 138 valence electrons. The lowest BCUT2D eigenvalue weighted by molar-refractivity contribution is -0.131. The molecule has 0 bridgehead atoms. The number of hydrogen-bond acceptors (Lipinski definition) is 5. The van der Waals surface area contributed by atoms with Crippen LogP contribution in [0.2, 0.25) is 0 Å². The van der Waals surface area contributed by atoms with Crippen LogP contribution in [0.1, 0.15) is 31.4 Å². The van der Waals surface area contributed by atoms with Gasteiger partial charge in [0.05, 0.1) is 17.8 Å². The highest BCUT2D eigenvalue weighted by atomic mass is 16.3. The molecule has 6 heteroatoms. The number of rotatable bonds is 7. The van der Waals surface area contributed by atoms with Crippen LogP contribution < -0.4 is 0 Å². The van der Waals surface area contributed by atoms with E-state index in [1.807, 2.05) is 30.1 Å². The van der Waals surface area contributed by atoms with E-state index in [9.17, 15) is 9.90 Å². The Hall–Kier alpha value is -1.50. The Morgan fingerprint density at radius 2 is 2.12 bits per heavy atom. The van der Waals surface area contributed by atoms with E-state index in [0.717, 1.165) is 25.3 Å². The van der Waals surface area contributed by atoms with E-state index in [1.165, 1.54) is 12.8 Å². The Balaban J connectivity index is 1.41. The molecule has 1 atom stereocenters. The molecular weight excluding hydrogens is 316 g/mol. The van der Waals surface area contributed by atoms with E-state index < -0.39 is 5.60 Å². The summed E-state index contributed by atoms with van der Waals surface area (Å²) in [5.74, 6) is 0.144. The van der Waals surface area contributed by atoms with Crippen molar-refractivity contribution in [3.63, 3.8) is 0 Å². The molecule has 0 aliphatic carbocycles. The van der Waals surface area contributed by atoms with Crippen molar-refractivity contribution in [2.24, 2.45) is 0 Å². The molecule has 6 nitrogen and oxygen atoms in total. The molecule has 25 heavy (non-hydrogen) atoms. The summed E-state index contributed by atoms with van der Waals surface area (Å²) in [5.41, 5.74) is 0.290. The largest absolute Gasteiger partial charge is 0.387 e. The van der Waals surface area contributed by atoms with Gasteiger partial charge in [-0.05, 0) is 51.5 Å². The number of likely N-dealkylation sites (tertiary alicyclic amines) is 2. The number of β-amino-alcohol motifs (C(OH)–C–C–N with tert-alkyl or cyclic N) is 1. The van der Waals surface area contributed by atoms with Gasteiger partial charge in [-0.3, -0.25) is 9.78 Å². The molecule has 3 rings (SSSR count). The fourth-order valence-corrected chi connectivity index (χ4v) is 3.85. The molecule has 2 fully saturated rings. The smallest absolute Gasteiger partial charge is 0.223 e. The first-order chi connectivity index (χ1) is 12.0. The summed E-state index contributed by atoms with van der Waals surface area (Å²) in [4.78, 5) is 23.1. The van der Waals surface area contributed by atoms with Gasteiger partial charge in [0, 0.05) is 38.8 Å². The molecule has 2 saturated heterocycles. The van der Waals surface area contributed by atoms with Crippen molar-refractivity contribution < 1.29 is 9.90 Å². The fraction of sp³-hybridized carbons (Fsp3) is 0.684. The van der Waals surface area contributed by atoms with Crippen molar-refractivity contribution in [3.05, 3.63) is 30.1 Å². The average molecular weight is 346 g/mol. The minimum Gasteiger partial charge on any atom is -0.387 e.